The molecule has 0 N–H and O–H groups in total. The van der Waals surface area contributed by atoms with Crippen LogP contribution in [0.1, 0.15) is 11.3 Å². The summed E-state index contributed by atoms with van der Waals surface area (Å²) >= 11 is 0. The van der Waals surface area contributed by atoms with E-state index in [-0.39, 0.29) is 0 Å². The predicted octanol–water partition coefficient (Wildman–Crippen LogP) is 2.55. The van der Waals surface area contributed by atoms with Gasteiger partial charge in [-0.25, -0.2) is 0 Å². The summed E-state index contributed by atoms with van der Waals surface area (Å²) in [7, 11) is 0. The van der Waals surface area contributed by atoms with E-state index in [4.69, 9.17) is 0 Å². The quantitative estimate of drug-likeness (QED) is 0.810. The summed E-state index contributed by atoms with van der Waals surface area (Å²) in [5, 5.41) is 6.63. The van der Waals surface area contributed by atoms with Crippen LogP contribution in [-0.2, 0) is 0 Å². The Hall–Kier alpha value is -2.36. The fraction of sp³-hybridized carbons (Fsp3) is 0.294. The second kappa shape index (κ2) is 6.39. The molecule has 2 aromatic rings. The average Bonchev–Trinajstić information content (AvgIpc) is 2.55. The second-order valence-electron chi connectivity index (χ2n) is 5.28. The molecule has 1 aliphatic heterocycles. The molecule has 4 nitrogen and oxygen atoms in total. The molecule has 1 fully saturated rings. The van der Waals surface area contributed by atoms with Gasteiger partial charge in [-0.15, -0.1) is 0 Å². The van der Waals surface area contributed by atoms with Crippen molar-refractivity contribution in [3.63, 3.8) is 0 Å². The lowest BCUT2D eigenvalue weighted by Gasteiger charge is -2.34. The molecule has 3 rings (SSSR count). The van der Waals surface area contributed by atoms with Gasteiger partial charge in [0.25, 0.3) is 0 Å². The van der Waals surface area contributed by atoms with Crippen LogP contribution in [0.25, 0.3) is 0 Å². The van der Waals surface area contributed by atoms with E-state index >= 15 is 0 Å². The molecule has 0 atom stereocenters. The first-order valence-corrected chi connectivity index (χ1v) is 7.33. The van der Waals surface area contributed by atoms with E-state index in [2.05, 4.69) is 51.2 Å². The molecule has 0 bridgehead atoms. The highest BCUT2D eigenvalue weighted by Gasteiger charge is 2.15. The molecule has 0 aliphatic carbocycles. The molecule has 1 aliphatic rings. The number of rotatable bonds is 3. The Morgan fingerprint density at radius 2 is 1.76 bits per heavy atom. The Morgan fingerprint density at radius 1 is 1.00 bits per heavy atom. The minimum atomic E-state index is 0.901. The van der Waals surface area contributed by atoms with Gasteiger partial charge < -0.3 is 4.90 Å². The number of benzene rings is 1. The van der Waals surface area contributed by atoms with Crippen molar-refractivity contribution in [2.24, 2.45) is 5.10 Å². The number of anilines is 1. The molecule has 1 aromatic carbocycles. The third-order valence-corrected chi connectivity index (χ3v) is 3.70. The fourth-order valence-corrected chi connectivity index (χ4v) is 2.42. The number of aryl methyl sites for hydroxylation is 1. The molecule has 0 amide bonds. The summed E-state index contributed by atoms with van der Waals surface area (Å²) in [5.74, 6) is 0. The monoisotopic (exact) mass is 280 g/mol. The van der Waals surface area contributed by atoms with E-state index in [1.165, 1.54) is 11.3 Å². The number of aromatic nitrogens is 1. The smallest absolute Gasteiger partial charge is 0.0830 e. The van der Waals surface area contributed by atoms with Crippen molar-refractivity contribution in [1.29, 1.82) is 0 Å². The van der Waals surface area contributed by atoms with E-state index < -0.39 is 0 Å². The molecule has 0 unspecified atom stereocenters. The fourth-order valence-electron chi connectivity index (χ4n) is 2.42. The van der Waals surface area contributed by atoms with Gasteiger partial charge in [-0.3, -0.25) is 9.99 Å². The van der Waals surface area contributed by atoms with Crippen molar-refractivity contribution in [2.75, 3.05) is 31.1 Å². The summed E-state index contributed by atoms with van der Waals surface area (Å²) in [5.41, 5.74) is 3.50. The van der Waals surface area contributed by atoms with E-state index in [0.717, 1.165) is 31.9 Å². The van der Waals surface area contributed by atoms with Gasteiger partial charge in [0.15, 0.2) is 0 Å². The SMILES string of the molecule is Cc1ccc(N2CCN(/N=C/c3ccccn3)CC2)cc1. The molecule has 0 spiro atoms. The van der Waals surface area contributed by atoms with E-state index in [1.54, 1.807) is 6.20 Å². The number of hydrogen-bond acceptors (Lipinski definition) is 4. The molecule has 2 heterocycles. The maximum atomic E-state index is 4.51. The first kappa shape index (κ1) is 13.6. The molecular weight excluding hydrogens is 260 g/mol. The largest absolute Gasteiger partial charge is 0.368 e. The lowest BCUT2D eigenvalue weighted by molar-refractivity contribution is 0.272. The average molecular weight is 280 g/mol. The molecule has 1 saturated heterocycles. The van der Waals surface area contributed by atoms with Gasteiger partial charge in [0.2, 0.25) is 0 Å². The second-order valence-corrected chi connectivity index (χ2v) is 5.28. The Labute approximate surface area is 125 Å². The topological polar surface area (TPSA) is 31.7 Å². The number of pyridine rings is 1. The van der Waals surface area contributed by atoms with Crippen LogP contribution < -0.4 is 4.90 Å². The molecule has 4 heteroatoms. The van der Waals surface area contributed by atoms with Gasteiger partial charge in [0.1, 0.15) is 0 Å². The Morgan fingerprint density at radius 3 is 2.43 bits per heavy atom. The first-order valence-electron chi connectivity index (χ1n) is 7.33. The number of hydrogen-bond donors (Lipinski definition) is 0. The van der Waals surface area contributed by atoms with Crippen LogP contribution in [0.4, 0.5) is 5.69 Å². The molecule has 108 valence electrons. The summed E-state index contributed by atoms with van der Waals surface area (Å²) in [4.78, 5) is 6.66. The van der Waals surface area contributed by atoms with Gasteiger partial charge in [-0.1, -0.05) is 23.8 Å². The first-order chi connectivity index (χ1) is 10.3. The zero-order valence-corrected chi connectivity index (χ0v) is 12.3. The normalized spacial score (nSPS) is 15.7. The van der Waals surface area contributed by atoms with Crippen LogP contribution in [0, 0.1) is 6.92 Å². The van der Waals surface area contributed by atoms with Crippen LogP contribution in [-0.4, -0.2) is 42.4 Å². The summed E-state index contributed by atoms with van der Waals surface area (Å²) in [6.07, 6.45) is 3.62. The van der Waals surface area contributed by atoms with Crippen LogP contribution in [0.2, 0.25) is 0 Å². The highest BCUT2D eigenvalue weighted by Crippen LogP contribution is 2.17. The maximum absolute atomic E-state index is 4.51. The van der Waals surface area contributed by atoms with Crippen LogP contribution >= 0.6 is 0 Å². The zero-order valence-electron chi connectivity index (χ0n) is 12.3. The van der Waals surface area contributed by atoms with Crippen molar-refractivity contribution in [3.8, 4) is 0 Å². The third-order valence-electron chi connectivity index (χ3n) is 3.70. The van der Waals surface area contributed by atoms with E-state index in [1.807, 2.05) is 24.4 Å². The molecule has 1 aromatic heterocycles. The van der Waals surface area contributed by atoms with Gasteiger partial charge in [-0.2, -0.15) is 5.10 Å². The standard InChI is InChI=1S/C17H20N4/c1-15-5-7-17(8-6-15)20-10-12-21(13-11-20)19-14-16-4-2-3-9-18-16/h2-9,14H,10-13H2,1H3/b19-14+. The van der Waals surface area contributed by atoms with Crippen molar-refractivity contribution in [2.45, 2.75) is 6.92 Å². The van der Waals surface area contributed by atoms with Crippen molar-refractivity contribution in [3.05, 3.63) is 59.9 Å². The van der Waals surface area contributed by atoms with Crippen LogP contribution in [0.5, 0.6) is 0 Å². The van der Waals surface area contributed by atoms with Gasteiger partial charge in [-0.05, 0) is 31.2 Å². The maximum Gasteiger partial charge on any atom is 0.0830 e. The van der Waals surface area contributed by atoms with E-state index in [9.17, 15) is 0 Å². The van der Waals surface area contributed by atoms with E-state index in [0.29, 0.717) is 0 Å². The van der Waals surface area contributed by atoms with Crippen LogP contribution in [0.3, 0.4) is 0 Å². The van der Waals surface area contributed by atoms with Crippen molar-refractivity contribution in [1.82, 2.24) is 9.99 Å². The molecule has 0 saturated carbocycles. The van der Waals surface area contributed by atoms with Crippen molar-refractivity contribution >= 4 is 11.9 Å². The minimum Gasteiger partial charge on any atom is -0.368 e. The summed E-state index contributed by atoms with van der Waals surface area (Å²) in [6.45, 7) is 6.01. The van der Waals surface area contributed by atoms with Gasteiger partial charge in [0, 0.05) is 25.0 Å². The minimum absolute atomic E-state index is 0.901. The van der Waals surface area contributed by atoms with Crippen LogP contribution in [0.15, 0.2) is 53.8 Å². The Balaban J connectivity index is 1.55. The Kier molecular flexibility index (Phi) is 4.15. The number of piperazine rings is 1. The number of hydrazone groups is 1. The highest BCUT2D eigenvalue weighted by atomic mass is 15.5. The Bertz CT molecular complexity index is 584. The highest BCUT2D eigenvalue weighted by molar-refractivity contribution is 5.76. The third kappa shape index (κ3) is 3.60. The zero-order chi connectivity index (χ0) is 14.5. The predicted molar refractivity (Wildman–Crippen MR) is 86.8 cm³/mol. The van der Waals surface area contributed by atoms with Gasteiger partial charge in [0.05, 0.1) is 25.0 Å². The summed E-state index contributed by atoms with van der Waals surface area (Å²) < 4.78 is 0. The molecule has 21 heavy (non-hydrogen) atoms. The number of nitrogens with zero attached hydrogens (tertiary/aromatic N) is 4. The lowest BCUT2D eigenvalue weighted by atomic mass is 10.2. The summed E-state index contributed by atoms with van der Waals surface area (Å²) in [6, 6.07) is 14.6. The van der Waals surface area contributed by atoms with Crippen molar-refractivity contribution < 1.29 is 0 Å². The molecular formula is C17H20N4. The lowest BCUT2D eigenvalue weighted by Crippen LogP contribution is -2.44. The molecule has 0 radical (unpaired) electrons. The van der Waals surface area contributed by atoms with Gasteiger partial charge >= 0.3 is 0 Å².